The van der Waals surface area contributed by atoms with Gasteiger partial charge in [0.15, 0.2) is 15.2 Å². The molecule has 0 amide bonds. The molecule has 0 aliphatic rings. The molecule has 0 aliphatic carbocycles. The Morgan fingerprint density at radius 3 is 0.683 bits per heavy atom. The molecule has 0 radical (unpaired) electrons. The Kier molecular flexibility index (Phi) is 43.7. The molecule has 0 heterocycles. The molecule has 0 rings (SSSR count). The van der Waals surface area contributed by atoms with Gasteiger partial charge >= 0.3 is 0 Å². The van der Waals surface area contributed by atoms with E-state index in [1.165, 1.54) is 193 Å². The fraction of sp³-hybridized carbons (Fsp3) is 0.944. The largest absolute Gasteiger partial charge is 0.486 e. The first-order valence-corrected chi connectivity index (χ1v) is 27.7. The zero-order valence-corrected chi connectivity index (χ0v) is 43.9. The van der Waals surface area contributed by atoms with Gasteiger partial charge < -0.3 is 14.2 Å². The van der Waals surface area contributed by atoms with Crippen LogP contribution in [-0.2, 0) is 14.2 Å². The molecule has 0 aromatic heterocycles. The van der Waals surface area contributed by atoms with Crippen LogP contribution in [0.15, 0.2) is 0 Å². The van der Waals surface area contributed by atoms with E-state index in [0.717, 1.165) is 77.9 Å². The number of rotatable bonds is 46. The molecule has 0 N–H and O–H groups in total. The maximum atomic E-state index is 6.32. The van der Waals surface area contributed by atoms with Crippen LogP contribution in [0.25, 0.3) is 0 Å². The molecule has 0 aromatic carbocycles. The third-order valence-corrected chi connectivity index (χ3v) is 13.6. The van der Waals surface area contributed by atoms with Crippen LogP contribution in [0.1, 0.15) is 286 Å². The summed E-state index contributed by atoms with van der Waals surface area (Å²) in [6.07, 6.45) is 47.5. The van der Waals surface area contributed by atoms with Crippen molar-refractivity contribution in [2.24, 2.45) is 23.2 Å². The Morgan fingerprint density at radius 2 is 0.500 bits per heavy atom. The highest BCUT2D eigenvalue weighted by atomic mass is 32.1. The quantitative estimate of drug-likeness (QED) is 0.0446. The topological polar surface area (TPSA) is 27.7 Å². The van der Waals surface area contributed by atoms with Gasteiger partial charge in [0.25, 0.3) is 0 Å². The first kappa shape index (κ1) is 59.7. The van der Waals surface area contributed by atoms with Crippen LogP contribution < -0.4 is 0 Å². The van der Waals surface area contributed by atoms with Crippen LogP contribution in [0.3, 0.4) is 0 Å². The predicted octanol–water partition coefficient (Wildman–Crippen LogP) is 19.4. The van der Waals surface area contributed by atoms with Crippen molar-refractivity contribution in [1.82, 2.24) is 0 Å². The van der Waals surface area contributed by atoms with E-state index in [-0.39, 0.29) is 5.41 Å². The van der Waals surface area contributed by atoms with E-state index >= 15 is 0 Å². The monoisotopic (exact) mass is 897 g/mol. The Hall–Kier alpha value is -0.330. The number of hydrogen-bond donors (Lipinski definition) is 0. The summed E-state index contributed by atoms with van der Waals surface area (Å²) in [5.41, 5.74) is -0.337. The Labute approximate surface area is 392 Å². The van der Waals surface area contributed by atoms with Crippen molar-refractivity contribution in [3.63, 3.8) is 0 Å². The minimum Gasteiger partial charge on any atom is -0.486 e. The zero-order chi connectivity index (χ0) is 44.4. The van der Waals surface area contributed by atoms with E-state index in [1.54, 1.807) is 0 Å². The summed E-state index contributed by atoms with van der Waals surface area (Å²) in [6.45, 7) is 17.7. The second-order valence-corrected chi connectivity index (χ2v) is 21.6. The van der Waals surface area contributed by atoms with Gasteiger partial charge in [-0.3, -0.25) is 0 Å². The smallest absolute Gasteiger partial charge is 0.159 e. The molecule has 0 bridgehead atoms. The normalized spacial score (nSPS) is 11.9. The highest BCUT2D eigenvalue weighted by molar-refractivity contribution is 7.80. The third kappa shape index (κ3) is 42.9. The molecular formula is C54H104O3S3. The van der Waals surface area contributed by atoms with Crippen LogP contribution in [0, 0.1) is 23.2 Å². The highest BCUT2D eigenvalue weighted by Crippen LogP contribution is 2.27. The van der Waals surface area contributed by atoms with Crippen LogP contribution in [0.4, 0.5) is 0 Å². The van der Waals surface area contributed by atoms with Gasteiger partial charge in [-0.25, -0.2) is 0 Å². The van der Waals surface area contributed by atoms with Crippen LogP contribution in [0.5, 0.6) is 0 Å². The lowest BCUT2D eigenvalue weighted by atomic mass is 9.88. The van der Waals surface area contributed by atoms with E-state index in [9.17, 15) is 0 Å². The van der Waals surface area contributed by atoms with E-state index in [2.05, 4.69) is 48.5 Å². The van der Waals surface area contributed by atoms with Crippen molar-refractivity contribution in [1.29, 1.82) is 0 Å². The number of unbranched alkanes of at least 4 members (excludes halogenated alkanes) is 27. The van der Waals surface area contributed by atoms with Crippen molar-refractivity contribution in [2.45, 2.75) is 286 Å². The predicted molar refractivity (Wildman–Crippen MR) is 279 cm³/mol. The average molecular weight is 898 g/mol. The molecule has 0 unspecified atom stereocenters. The van der Waals surface area contributed by atoms with Crippen molar-refractivity contribution < 1.29 is 14.2 Å². The summed E-state index contributed by atoms with van der Waals surface area (Å²) in [7, 11) is 0. The summed E-state index contributed by atoms with van der Waals surface area (Å²) >= 11 is 17.3. The Bertz CT molecular complexity index is 847. The van der Waals surface area contributed by atoms with Gasteiger partial charge in [-0.2, -0.15) is 0 Å². The van der Waals surface area contributed by atoms with Gasteiger partial charge in [0.1, 0.15) is 19.8 Å². The Morgan fingerprint density at radius 1 is 0.317 bits per heavy atom. The van der Waals surface area contributed by atoms with Crippen molar-refractivity contribution in [3.05, 3.63) is 0 Å². The highest BCUT2D eigenvalue weighted by Gasteiger charge is 2.33. The number of thiocarbonyl (C=S) groups is 3. The van der Waals surface area contributed by atoms with E-state index in [0.29, 0.717) is 19.8 Å². The fourth-order valence-corrected chi connectivity index (χ4v) is 8.67. The molecule has 0 saturated heterocycles. The molecule has 6 heteroatoms. The van der Waals surface area contributed by atoms with Gasteiger partial charge in [0, 0.05) is 19.3 Å². The summed E-state index contributed by atoms with van der Waals surface area (Å²) in [5.74, 6) is 2.54. The molecule has 0 aromatic rings. The summed E-state index contributed by atoms with van der Waals surface area (Å²) < 4.78 is 19.0. The third-order valence-electron chi connectivity index (χ3n) is 12.6. The lowest BCUT2D eigenvalue weighted by Crippen LogP contribution is -2.38. The SMILES string of the molecule is CCC(COC(=S)CCCCCCCCCCCCC(C)C)(COC(=S)CCCCCCCCCCCCC(C)C)COC(=S)CCCCCCCCCCCCC(C)C. The first-order valence-electron chi connectivity index (χ1n) is 26.5. The summed E-state index contributed by atoms with van der Waals surface area (Å²) in [6, 6.07) is 0. The lowest BCUT2D eigenvalue weighted by Gasteiger charge is -2.32. The van der Waals surface area contributed by atoms with Gasteiger partial charge in [-0.05, 0) is 80.1 Å². The molecule has 60 heavy (non-hydrogen) atoms. The second-order valence-electron chi connectivity index (χ2n) is 20.2. The van der Waals surface area contributed by atoms with Gasteiger partial charge in [-0.1, -0.05) is 241 Å². The standard InChI is InChI=1S/C54H104O3S3/c1-8-54(45-55-51(58)42-36-30-24-18-12-9-15-21-27-33-39-48(2)3,46-56-52(59)43-37-31-25-19-13-10-16-22-28-34-40-49(4)5)47-57-53(60)44-38-32-26-20-14-11-17-23-29-35-41-50(6)7/h48-50H,8-47H2,1-7H3. The molecule has 0 fully saturated rings. The van der Waals surface area contributed by atoms with E-state index < -0.39 is 0 Å². The summed E-state index contributed by atoms with van der Waals surface area (Å²) in [5, 5.41) is 2.16. The summed E-state index contributed by atoms with van der Waals surface area (Å²) in [4.78, 5) is 0. The Balaban J connectivity index is 4.59. The molecule has 0 saturated carbocycles. The molecular weight excluding hydrogens is 793 g/mol. The maximum Gasteiger partial charge on any atom is 0.159 e. The van der Waals surface area contributed by atoms with Gasteiger partial charge in [-0.15, -0.1) is 0 Å². The van der Waals surface area contributed by atoms with Crippen molar-refractivity contribution in [3.8, 4) is 0 Å². The first-order chi connectivity index (χ1) is 29.0. The number of hydrogen-bond acceptors (Lipinski definition) is 6. The van der Waals surface area contributed by atoms with Gasteiger partial charge in [0.2, 0.25) is 0 Å². The van der Waals surface area contributed by atoms with Crippen molar-refractivity contribution in [2.75, 3.05) is 19.8 Å². The molecule has 0 aliphatic heterocycles. The molecule has 356 valence electrons. The van der Waals surface area contributed by atoms with Crippen LogP contribution in [-0.4, -0.2) is 35.0 Å². The minimum absolute atomic E-state index is 0.337. The minimum atomic E-state index is -0.337. The van der Waals surface area contributed by atoms with Crippen molar-refractivity contribution >= 4 is 51.8 Å². The maximum absolute atomic E-state index is 6.32. The van der Waals surface area contributed by atoms with Crippen LogP contribution >= 0.6 is 36.7 Å². The second kappa shape index (κ2) is 43.9. The number of ether oxygens (including phenoxy) is 3. The molecule has 3 nitrogen and oxygen atoms in total. The molecule has 0 atom stereocenters. The van der Waals surface area contributed by atoms with E-state index in [4.69, 9.17) is 50.9 Å². The van der Waals surface area contributed by atoms with Gasteiger partial charge in [0.05, 0.1) is 5.41 Å². The van der Waals surface area contributed by atoms with E-state index in [1.807, 2.05) is 0 Å². The lowest BCUT2D eigenvalue weighted by molar-refractivity contribution is 0.0177. The zero-order valence-electron chi connectivity index (χ0n) is 41.5. The van der Waals surface area contributed by atoms with Crippen LogP contribution in [0.2, 0.25) is 0 Å². The molecule has 0 spiro atoms. The fourth-order valence-electron chi connectivity index (χ4n) is 8.06. The average Bonchev–Trinajstić information content (AvgIpc) is 3.21.